The second-order valence-electron chi connectivity index (χ2n) is 6.64. The number of benzene rings is 1. The molecule has 2 atom stereocenters. The molecule has 1 saturated carbocycles. The lowest BCUT2D eigenvalue weighted by Crippen LogP contribution is -2.44. The van der Waals surface area contributed by atoms with Crippen LogP contribution in [0.3, 0.4) is 0 Å². The van der Waals surface area contributed by atoms with Crippen molar-refractivity contribution < 1.29 is 13.5 Å². The molecule has 4 heteroatoms. The quantitative estimate of drug-likeness (QED) is 0.925. The Morgan fingerprint density at radius 1 is 1.19 bits per heavy atom. The Morgan fingerprint density at radius 3 is 2.52 bits per heavy atom. The lowest BCUT2D eigenvalue weighted by molar-refractivity contribution is -0.0960. The molecule has 2 N–H and O–H groups in total. The molecule has 21 heavy (non-hydrogen) atoms. The molecule has 1 heterocycles. The standard InChI is InChI=1S/C17H23F2NO/c18-14-7-12(8-15(19)10-14)9-16(20)13-3-6-21-17(11-13)4-1-2-5-17/h7-8,10,13,16H,1-6,9,11,20H2. The molecule has 2 fully saturated rings. The van der Waals surface area contributed by atoms with Crippen LogP contribution in [0.1, 0.15) is 44.1 Å². The first-order valence-electron chi connectivity index (χ1n) is 7.91. The van der Waals surface area contributed by atoms with Gasteiger partial charge in [0.15, 0.2) is 0 Å². The van der Waals surface area contributed by atoms with Crippen LogP contribution in [0.5, 0.6) is 0 Å². The van der Waals surface area contributed by atoms with Crippen molar-refractivity contribution in [3.05, 3.63) is 35.4 Å². The minimum absolute atomic E-state index is 0.0354. The summed E-state index contributed by atoms with van der Waals surface area (Å²) in [7, 11) is 0. The third-order valence-corrected chi connectivity index (χ3v) is 5.05. The largest absolute Gasteiger partial charge is 0.375 e. The van der Waals surface area contributed by atoms with Crippen LogP contribution >= 0.6 is 0 Å². The van der Waals surface area contributed by atoms with Gasteiger partial charge in [0.2, 0.25) is 0 Å². The van der Waals surface area contributed by atoms with Crippen molar-refractivity contribution in [2.45, 2.75) is 56.6 Å². The summed E-state index contributed by atoms with van der Waals surface area (Å²) in [5.41, 5.74) is 7.01. The Morgan fingerprint density at radius 2 is 1.86 bits per heavy atom. The summed E-state index contributed by atoms with van der Waals surface area (Å²) >= 11 is 0. The molecule has 0 radical (unpaired) electrons. The third-order valence-electron chi connectivity index (χ3n) is 5.05. The molecule has 2 aliphatic rings. The van der Waals surface area contributed by atoms with Crippen molar-refractivity contribution in [3.63, 3.8) is 0 Å². The van der Waals surface area contributed by atoms with Crippen LogP contribution < -0.4 is 5.73 Å². The molecular weight excluding hydrogens is 272 g/mol. The summed E-state index contributed by atoms with van der Waals surface area (Å²) in [6, 6.07) is 3.60. The van der Waals surface area contributed by atoms with Gasteiger partial charge in [-0.15, -0.1) is 0 Å². The maximum atomic E-state index is 13.3. The van der Waals surface area contributed by atoms with Gasteiger partial charge in [-0.05, 0) is 55.7 Å². The molecule has 2 unspecified atom stereocenters. The molecule has 1 aromatic carbocycles. The monoisotopic (exact) mass is 295 g/mol. The van der Waals surface area contributed by atoms with Gasteiger partial charge >= 0.3 is 0 Å². The summed E-state index contributed by atoms with van der Waals surface area (Å²) in [5.74, 6) is -0.684. The fourth-order valence-corrected chi connectivity index (χ4v) is 3.97. The van der Waals surface area contributed by atoms with Crippen LogP contribution in [0.2, 0.25) is 0 Å². The predicted octanol–water partition coefficient (Wildman–Crippen LogP) is 3.57. The van der Waals surface area contributed by atoms with Gasteiger partial charge in [0, 0.05) is 18.7 Å². The van der Waals surface area contributed by atoms with Crippen molar-refractivity contribution in [3.8, 4) is 0 Å². The van der Waals surface area contributed by atoms with Crippen molar-refractivity contribution in [2.24, 2.45) is 11.7 Å². The molecule has 0 amide bonds. The first-order chi connectivity index (χ1) is 10.1. The van der Waals surface area contributed by atoms with Crippen LogP contribution in [0.15, 0.2) is 18.2 Å². The average Bonchev–Trinajstić information content (AvgIpc) is 2.85. The molecule has 1 aromatic rings. The molecule has 116 valence electrons. The molecule has 0 aromatic heterocycles. The lowest BCUT2D eigenvalue weighted by atomic mass is 9.79. The highest BCUT2D eigenvalue weighted by Crippen LogP contribution is 2.42. The normalized spacial score (nSPS) is 26.1. The topological polar surface area (TPSA) is 35.2 Å². The number of halogens is 2. The maximum Gasteiger partial charge on any atom is 0.126 e. The van der Waals surface area contributed by atoms with E-state index in [-0.39, 0.29) is 11.6 Å². The Labute approximate surface area is 124 Å². The van der Waals surface area contributed by atoms with Gasteiger partial charge in [-0.2, -0.15) is 0 Å². The SMILES string of the molecule is NC(Cc1cc(F)cc(F)c1)C1CCOC2(CCCC2)C1. The van der Waals surface area contributed by atoms with Gasteiger partial charge < -0.3 is 10.5 Å². The fraction of sp³-hybridized carbons (Fsp3) is 0.647. The zero-order chi connectivity index (χ0) is 14.9. The van der Waals surface area contributed by atoms with Gasteiger partial charge in [0.1, 0.15) is 11.6 Å². The van der Waals surface area contributed by atoms with E-state index in [1.165, 1.54) is 25.0 Å². The smallest absolute Gasteiger partial charge is 0.126 e. The number of ether oxygens (including phenoxy) is 1. The summed E-state index contributed by atoms with van der Waals surface area (Å²) in [6.07, 6.45) is 7.19. The van der Waals surface area contributed by atoms with Crippen LogP contribution in [-0.2, 0) is 11.2 Å². The number of hydrogen-bond acceptors (Lipinski definition) is 2. The first-order valence-corrected chi connectivity index (χ1v) is 7.91. The summed E-state index contributed by atoms with van der Waals surface area (Å²) in [6.45, 7) is 0.760. The lowest BCUT2D eigenvalue weighted by Gasteiger charge is -2.40. The van der Waals surface area contributed by atoms with Gasteiger partial charge in [-0.3, -0.25) is 0 Å². The molecule has 1 spiro atoms. The van der Waals surface area contributed by atoms with Gasteiger partial charge in [0.25, 0.3) is 0 Å². The molecule has 1 saturated heterocycles. The van der Waals surface area contributed by atoms with Crippen LogP contribution in [0, 0.1) is 17.6 Å². The van der Waals surface area contributed by atoms with Crippen molar-refractivity contribution >= 4 is 0 Å². The summed E-state index contributed by atoms with van der Waals surface area (Å²) < 4.78 is 32.5. The van der Waals surface area contributed by atoms with Crippen LogP contribution in [0.25, 0.3) is 0 Å². The van der Waals surface area contributed by atoms with Crippen molar-refractivity contribution in [2.75, 3.05) is 6.61 Å². The molecular formula is C17H23F2NO. The van der Waals surface area contributed by atoms with E-state index in [1.807, 2.05) is 0 Å². The van der Waals surface area contributed by atoms with E-state index in [0.29, 0.717) is 17.9 Å². The molecule has 0 bridgehead atoms. The summed E-state index contributed by atoms with van der Waals surface area (Å²) in [4.78, 5) is 0. The van der Waals surface area contributed by atoms with Gasteiger partial charge in [-0.1, -0.05) is 12.8 Å². The Hall–Kier alpha value is -1.00. The Kier molecular flexibility index (Phi) is 4.27. The van der Waals surface area contributed by atoms with E-state index in [2.05, 4.69) is 0 Å². The second-order valence-corrected chi connectivity index (χ2v) is 6.64. The first kappa shape index (κ1) is 14.9. The minimum atomic E-state index is -0.531. The molecule has 2 nitrogen and oxygen atoms in total. The van der Waals surface area contributed by atoms with Crippen molar-refractivity contribution in [1.82, 2.24) is 0 Å². The van der Waals surface area contributed by atoms with Crippen LogP contribution in [-0.4, -0.2) is 18.2 Å². The molecule has 3 rings (SSSR count). The zero-order valence-electron chi connectivity index (χ0n) is 12.3. The van der Waals surface area contributed by atoms with Gasteiger partial charge in [0.05, 0.1) is 5.60 Å². The van der Waals surface area contributed by atoms with E-state index >= 15 is 0 Å². The Bertz CT molecular complexity index is 479. The Balaban J connectivity index is 1.65. The fourth-order valence-electron chi connectivity index (χ4n) is 3.97. The highest BCUT2D eigenvalue weighted by atomic mass is 19.1. The minimum Gasteiger partial charge on any atom is -0.375 e. The highest BCUT2D eigenvalue weighted by Gasteiger charge is 2.41. The molecule has 1 aliphatic carbocycles. The second kappa shape index (κ2) is 6.01. The summed E-state index contributed by atoms with van der Waals surface area (Å²) in [5, 5.41) is 0. The highest BCUT2D eigenvalue weighted by molar-refractivity contribution is 5.19. The third kappa shape index (κ3) is 3.43. The van der Waals surface area contributed by atoms with Crippen molar-refractivity contribution in [1.29, 1.82) is 0 Å². The average molecular weight is 295 g/mol. The van der Waals surface area contributed by atoms with Crippen LogP contribution in [0.4, 0.5) is 8.78 Å². The predicted molar refractivity (Wildman–Crippen MR) is 77.9 cm³/mol. The van der Waals surface area contributed by atoms with E-state index in [0.717, 1.165) is 38.4 Å². The number of hydrogen-bond donors (Lipinski definition) is 1. The maximum absolute atomic E-state index is 13.3. The van der Waals surface area contributed by atoms with E-state index in [4.69, 9.17) is 10.5 Å². The van der Waals surface area contributed by atoms with E-state index in [1.54, 1.807) is 0 Å². The molecule has 1 aliphatic heterocycles. The number of rotatable bonds is 3. The van der Waals surface area contributed by atoms with E-state index in [9.17, 15) is 8.78 Å². The van der Waals surface area contributed by atoms with E-state index < -0.39 is 11.6 Å². The zero-order valence-corrected chi connectivity index (χ0v) is 12.3. The number of nitrogens with two attached hydrogens (primary N) is 1. The van der Waals surface area contributed by atoms with Gasteiger partial charge in [-0.25, -0.2) is 8.78 Å².